The molecule has 9 heteroatoms. The van der Waals surface area contributed by atoms with Crippen molar-refractivity contribution in [1.82, 2.24) is 10.6 Å². The van der Waals surface area contributed by atoms with E-state index in [0.29, 0.717) is 32.2 Å². The molecule has 0 aromatic heterocycles. The zero-order valence-corrected chi connectivity index (χ0v) is 23.4. The van der Waals surface area contributed by atoms with E-state index in [9.17, 15) is 24.8 Å². The summed E-state index contributed by atoms with van der Waals surface area (Å²) >= 11 is 0. The topological polar surface area (TPSA) is 129 Å². The summed E-state index contributed by atoms with van der Waals surface area (Å²) in [5.74, 6) is -2.18. The van der Waals surface area contributed by atoms with Crippen molar-refractivity contribution in [2.45, 2.75) is 96.6 Å². The number of aliphatic carboxylic acids is 1. The number of carboxylic acids is 1. The Bertz CT molecular complexity index is 1210. The van der Waals surface area contributed by atoms with Gasteiger partial charge in [0.2, 0.25) is 5.91 Å². The summed E-state index contributed by atoms with van der Waals surface area (Å²) in [5, 5.41) is 25.3. The lowest BCUT2D eigenvalue weighted by Crippen LogP contribution is -2.59. The number of carbonyl (C=O) groups is 3. The first-order valence-electron chi connectivity index (χ1n) is 14.7. The average molecular weight is 554 g/mol. The van der Waals surface area contributed by atoms with Gasteiger partial charge in [0.25, 0.3) is 5.91 Å². The van der Waals surface area contributed by atoms with Crippen LogP contribution in [0, 0.1) is 45.7 Å². The van der Waals surface area contributed by atoms with Crippen LogP contribution in [0.15, 0.2) is 12.1 Å². The first-order valence-corrected chi connectivity index (χ1v) is 14.7. The molecule has 1 aromatic rings. The zero-order chi connectivity index (χ0) is 28.7. The van der Waals surface area contributed by atoms with E-state index >= 15 is 4.39 Å². The molecule has 0 heterocycles. The van der Waals surface area contributed by atoms with Gasteiger partial charge in [0, 0.05) is 12.6 Å². The number of hydrogen-bond donors (Lipinski definition) is 3. The van der Waals surface area contributed by atoms with E-state index in [2.05, 4.69) is 17.6 Å². The molecule has 0 saturated heterocycles. The van der Waals surface area contributed by atoms with Crippen molar-refractivity contribution < 1.29 is 28.6 Å². The molecule has 216 valence electrons. The number of fused-ring (bicyclic) bond motifs is 3. The minimum absolute atomic E-state index is 0.0147. The number of carbonyl (C=O) groups excluding carboxylic acids is 2. The van der Waals surface area contributed by atoms with Gasteiger partial charge in [-0.15, -0.1) is 0 Å². The second kappa shape index (κ2) is 11.0. The molecule has 0 spiro atoms. The summed E-state index contributed by atoms with van der Waals surface area (Å²) in [5.41, 5.74) is -0.903. The molecule has 5 saturated carbocycles. The van der Waals surface area contributed by atoms with Gasteiger partial charge in [0.05, 0.1) is 28.6 Å². The largest absolute Gasteiger partial charge is 0.489 e. The Morgan fingerprint density at radius 2 is 1.70 bits per heavy atom. The lowest BCUT2D eigenvalue weighted by Gasteiger charge is -2.48. The van der Waals surface area contributed by atoms with Crippen LogP contribution in [0.3, 0.4) is 0 Å². The van der Waals surface area contributed by atoms with E-state index in [4.69, 9.17) is 4.74 Å². The van der Waals surface area contributed by atoms with Crippen LogP contribution in [0.2, 0.25) is 0 Å². The second-order valence-corrected chi connectivity index (χ2v) is 13.2. The third-order valence-electron chi connectivity index (χ3n) is 10.4. The fraction of sp³-hybridized carbons (Fsp3) is 0.677. The van der Waals surface area contributed by atoms with Gasteiger partial charge in [-0.05, 0) is 101 Å². The van der Waals surface area contributed by atoms with Crippen LogP contribution in [0.4, 0.5) is 4.39 Å². The molecule has 0 unspecified atom stereocenters. The summed E-state index contributed by atoms with van der Waals surface area (Å²) < 4.78 is 21.2. The van der Waals surface area contributed by atoms with Crippen molar-refractivity contribution in [3.8, 4) is 11.8 Å². The quantitative estimate of drug-likeness (QED) is 0.418. The third-order valence-corrected chi connectivity index (χ3v) is 10.4. The fourth-order valence-electron chi connectivity index (χ4n) is 7.29. The first-order chi connectivity index (χ1) is 19.0. The van der Waals surface area contributed by atoms with Crippen molar-refractivity contribution in [3.05, 3.63) is 29.1 Å². The summed E-state index contributed by atoms with van der Waals surface area (Å²) in [6, 6.07) is 3.87. The Hall–Kier alpha value is -3.15. The van der Waals surface area contributed by atoms with E-state index < -0.39 is 23.1 Å². The molecule has 40 heavy (non-hydrogen) atoms. The van der Waals surface area contributed by atoms with Crippen LogP contribution >= 0.6 is 0 Å². The Labute approximate surface area is 235 Å². The molecule has 2 atom stereocenters. The minimum Gasteiger partial charge on any atom is -0.489 e. The molecule has 0 radical (unpaired) electrons. The number of halogens is 1. The van der Waals surface area contributed by atoms with Gasteiger partial charge < -0.3 is 20.5 Å². The van der Waals surface area contributed by atoms with Crippen LogP contribution in [-0.2, 0) is 9.59 Å². The molecule has 2 amide bonds. The Morgan fingerprint density at radius 3 is 2.27 bits per heavy atom. The van der Waals surface area contributed by atoms with E-state index in [1.54, 1.807) is 6.92 Å². The van der Waals surface area contributed by atoms with Crippen molar-refractivity contribution in [2.75, 3.05) is 6.54 Å². The number of hydrogen-bond acceptors (Lipinski definition) is 5. The van der Waals surface area contributed by atoms with E-state index in [1.165, 1.54) is 12.5 Å². The second-order valence-electron chi connectivity index (χ2n) is 13.2. The SMILES string of the molecule is CC1(CNC(=O)[C@@H]2C3CCC(CC3)[C@@H]2NC(=O)c2cc(O[C@H]3CC[C@@](C)(C(=O)O)CC3)c(C#N)cc2F)CCC1. The molecule has 3 N–H and O–H groups in total. The molecule has 0 aliphatic heterocycles. The van der Waals surface area contributed by atoms with Gasteiger partial charge in [0.1, 0.15) is 17.6 Å². The molecule has 1 aromatic carbocycles. The van der Waals surface area contributed by atoms with Crippen LogP contribution in [0.25, 0.3) is 0 Å². The van der Waals surface area contributed by atoms with Gasteiger partial charge >= 0.3 is 5.97 Å². The van der Waals surface area contributed by atoms with Crippen LogP contribution in [0.1, 0.15) is 100 Å². The van der Waals surface area contributed by atoms with Crippen molar-refractivity contribution in [1.29, 1.82) is 5.26 Å². The fourth-order valence-corrected chi connectivity index (χ4v) is 7.29. The smallest absolute Gasteiger partial charge is 0.309 e. The predicted molar refractivity (Wildman–Crippen MR) is 145 cm³/mol. The molecule has 8 nitrogen and oxygen atoms in total. The van der Waals surface area contributed by atoms with Gasteiger partial charge in [-0.1, -0.05) is 13.3 Å². The normalized spacial score (nSPS) is 32.3. The highest BCUT2D eigenvalue weighted by Crippen LogP contribution is 2.46. The van der Waals surface area contributed by atoms with Crippen LogP contribution < -0.4 is 15.4 Å². The summed E-state index contributed by atoms with van der Waals surface area (Å²) in [6.45, 7) is 4.54. The highest BCUT2D eigenvalue weighted by atomic mass is 19.1. The summed E-state index contributed by atoms with van der Waals surface area (Å²) in [7, 11) is 0. The van der Waals surface area contributed by atoms with Crippen molar-refractivity contribution >= 4 is 17.8 Å². The highest BCUT2D eigenvalue weighted by molar-refractivity contribution is 5.96. The monoisotopic (exact) mass is 553 g/mol. The Morgan fingerprint density at radius 1 is 1.05 bits per heavy atom. The maximum atomic E-state index is 15.1. The highest BCUT2D eigenvalue weighted by Gasteiger charge is 2.48. The standard InChI is InChI=1S/C31H40FN3O5/c1-30(10-3-11-30)17-34-28(37)25-18-4-6-19(7-5-18)26(25)35-27(36)22-15-24(20(16-33)14-23(22)32)40-21-8-12-31(2,13-9-21)29(38)39/h14-15,18-19,21,25-26H,3-13,17H2,1-2H3,(H,34,37)(H,35,36)(H,38,39)/t18?,19?,21-,25-,26+,31+/m1/s1. The Balaban J connectivity index is 1.30. The average Bonchev–Trinajstić information content (AvgIpc) is 2.93. The molecular weight excluding hydrogens is 513 g/mol. The maximum Gasteiger partial charge on any atom is 0.309 e. The third kappa shape index (κ3) is 5.55. The number of carboxylic acid groups (broad SMARTS) is 1. The van der Waals surface area contributed by atoms with E-state index in [-0.39, 0.29) is 58.1 Å². The summed E-state index contributed by atoms with van der Waals surface area (Å²) in [6.07, 6.45) is 8.64. The first kappa shape index (κ1) is 28.4. The summed E-state index contributed by atoms with van der Waals surface area (Å²) in [4.78, 5) is 38.4. The lowest BCUT2D eigenvalue weighted by molar-refractivity contribution is -0.150. The van der Waals surface area contributed by atoms with E-state index in [0.717, 1.165) is 44.6 Å². The predicted octanol–water partition coefficient (Wildman–Crippen LogP) is 4.95. The number of nitrogens with zero attached hydrogens (tertiary/aromatic N) is 1. The van der Waals surface area contributed by atoms with E-state index in [1.807, 2.05) is 6.07 Å². The molecule has 6 rings (SSSR count). The lowest BCUT2D eigenvalue weighted by atomic mass is 9.61. The van der Waals surface area contributed by atoms with Crippen molar-refractivity contribution in [3.63, 3.8) is 0 Å². The molecular formula is C31H40FN3O5. The number of ether oxygens (including phenoxy) is 1. The molecule has 2 bridgehead atoms. The number of amides is 2. The molecule has 5 fully saturated rings. The number of nitrogens with one attached hydrogen (secondary N) is 2. The van der Waals surface area contributed by atoms with Gasteiger partial charge in [-0.2, -0.15) is 5.26 Å². The minimum atomic E-state index is -0.843. The van der Waals surface area contributed by atoms with Gasteiger partial charge in [-0.3, -0.25) is 14.4 Å². The number of nitriles is 1. The Kier molecular flexibility index (Phi) is 7.82. The van der Waals surface area contributed by atoms with Crippen molar-refractivity contribution in [2.24, 2.45) is 28.6 Å². The molecule has 5 aliphatic carbocycles. The van der Waals surface area contributed by atoms with Gasteiger partial charge in [-0.25, -0.2) is 4.39 Å². The zero-order valence-electron chi connectivity index (χ0n) is 23.4. The number of rotatable bonds is 8. The van der Waals surface area contributed by atoms with Crippen LogP contribution in [-0.4, -0.2) is 41.6 Å². The van der Waals surface area contributed by atoms with Gasteiger partial charge in [0.15, 0.2) is 0 Å². The number of benzene rings is 1. The molecule has 5 aliphatic rings. The maximum absolute atomic E-state index is 15.1. The van der Waals surface area contributed by atoms with Crippen LogP contribution in [0.5, 0.6) is 5.75 Å².